The number of carbonyl (C=O) groups is 1. The highest BCUT2D eigenvalue weighted by molar-refractivity contribution is 5.97. The number of aromatic hydroxyl groups is 2. The summed E-state index contributed by atoms with van der Waals surface area (Å²) in [5, 5.41) is 27.9. The number of carbonyl (C=O) groups excluding carboxylic acids is 1. The summed E-state index contributed by atoms with van der Waals surface area (Å²) in [4.78, 5) is 13.3. The Kier molecular flexibility index (Phi) is 22.6. The lowest BCUT2D eigenvalue weighted by atomic mass is 9.97. The highest BCUT2D eigenvalue weighted by atomic mass is 16.3. The summed E-state index contributed by atoms with van der Waals surface area (Å²) in [5.41, 5.74) is 3.44. The van der Waals surface area contributed by atoms with Gasteiger partial charge in [-0.15, -0.1) is 0 Å². The van der Waals surface area contributed by atoms with Gasteiger partial charge in [0.05, 0.1) is 5.56 Å². The number of ketones is 1. The van der Waals surface area contributed by atoms with Crippen molar-refractivity contribution in [3.05, 3.63) is 58.7 Å². The standard InChI is InChI=1S/C12H19NO.C11H14O3.3C2H6/c1-10(9-14)12-6-4-5-11(7-12)8-13(2)3;1-6(2)8-4-9(7(3)12)11(14)5-10(8)13;3*1-2/h4-7,10,14H,8-9H2,1-3H3;4-6,13-14H,1-3H3;3*1-2H3. The summed E-state index contributed by atoms with van der Waals surface area (Å²) in [6.07, 6.45) is 0. The molecule has 0 heterocycles. The summed E-state index contributed by atoms with van der Waals surface area (Å²) in [5.74, 6) is 0.0112. The smallest absolute Gasteiger partial charge is 0.163 e. The number of aliphatic hydroxyl groups is 1. The average Bonchev–Trinajstić information content (AvgIpc) is 2.82. The van der Waals surface area contributed by atoms with Gasteiger partial charge in [0.2, 0.25) is 0 Å². The fourth-order valence-corrected chi connectivity index (χ4v) is 2.81. The van der Waals surface area contributed by atoms with Crippen molar-refractivity contribution in [1.82, 2.24) is 4.90 Å². The van der Waals surface area contributed by atoms with Crippen molar-refractivity contribution in [3.63, 3.8) is 0 Å². The second-order valence-electron chi connectivity index (χ2n) is 7.71. The van der Waals surface area contributed by atoms with Gasteiger partial charge in [0.25, 0.3) is 0 Å². The van der Waals surface area contributed by atoms with Gasteiger partial charge < -0.3 is 20.2 Å². The summed E-state index contributed by atoms with van der Waals surface area (Å²) >= 11 is 0. The number of phenols is 2. The largest absolute Gasteiger partial charge is 0.508 e. The van der Waals surface area contributed by atoms with E-state index in [1.54, 1.807) is 0 Å². The molecule has 34 heavy (non-hydrogen) atoms. The van der Waals surface area contributed by atoms with Crippen LogP contribution in [0.15, 0.2) is 36.4 Å². The topological polar surface area (TPSA) is 81.0 Å². The molecule has 0 fully saturated rings. The van der Waals surface area contributed by atoms with E-state index in [4.69, 9.17) is 5.11 Å². The first-order chi connectivity index (χ1) is 16.1. The third-order valence-corrected chi connectivity index (χ3v) is 4.44. The number of nitrogens with zero attached hydrogens (tertiary/aromatic N) is 1. The van der Waals surface area contributed by atoms with E-state index >= 15 is 0 Å². The van der Waals surface area contributed by atoms with E-state index in [9.17, 15) is 15.0 Å². The maximum Gasteiger partial charge on any atom is 0.163 e. The number of benzene rings is 2. The SMILES string of the molecule is CC.CC.CC.CC(=O)c1cc(C(C)C)c(O)cc1O.CC(CO)c1cccc(CN(C)C)c1. The number of rotatable bonds is 6. The molecule has 1 atom stereocenters. The summed E-state index contributed by atoms with van der Waals surface area (Å²) in [7, 11) is 4.12. The minimum atomic E-state index is -0.204. The Bertz CT molecular complexity index is 786. The lowest BCUT2D eigenvalue weighted by molar-refractivity contribution is 0.101. The van der Waals surface area contributed by atoms with E-state index in [0.717, 1.165) is 6.54 Å². The molecule has 2 aromatic carbocycles. The van der Waals surface area contributed by atoms with Gasteiger partial charge in [-0.2, -0.15) is 0 Å². The minimum Gasteiger partial charge on any atom is -0.508 e. The quantitative estimate of drug-likeness (QED) is 0.379. The molecule has 5 heteroatoms. The van der Waals surface area contributed by atoms with E-state index < -0.39 is 0 Å². The Hall–Kier alpha value is -2.37. The maximum absolute atomic E-state index is 11.1. The van der Waals surface area contributed by atoms with Crippen LogP contribution in [0, 0.1) is 0 Å². The van der Waals surface area contributed by atoms with Crippen molar-refractivity contribution < 1.29 is 20.1 Å². The van der Waals surface area contributed by atoms with Gasteiger partial charge in [-0.3, -0.25) is 4.79 Å². The molecule has 0 saturated carbocycles. The highest BCUT2D eigenvalue weighted by Crippen LogP contribution is 2.32. The monoisotopic (exact) mass is 477 g/mol. The number of hydrogen-bond acceptors (Lipinski definition) is 5. The van der Waals surface area contributed by atoms with Gasteiger partial charge in [-0.05, 0) is 49.7 Å². The van der Waals surface area contributed by atoms with Crippen LogP contribution in [-0.4, -0.2) is 46.7 Å². The maximum atomic E-state index is 11.1. The van der Waals surface area contributed by atoms with Crippen LogP contribution >= 0.6 is 0 Å². The molecule has 5 nitrogen and oxygen atoms in total. The fraction of sp³-hybridized carbons (Fsp3) is 0.552. The second kappa shape index (κ2) is 21.2. The predicted octanol–water partition coefficient (Wildman–Crippen LogP) is 7.35. The zero-order valence-corrected chi connectivity index (χ0v) is 23.7. The average molecular weight is 478 g/mol. The van der Waals surface area contributed by atoms with E-state index in [1.165, 1.54) is 30.2 Å². The molecule has 2 aromatic rings. The minimum absolute atomic E-state index is 0.0301. The molecule has 0 spiro atoms. The first-order valence-electron chi connectivity index (χ1n) is 12.5. The van der Waals surface area contributed by atoms with Crippen molar-refractivity contribution in [2.24, 2.45) is 0 Å². The van der Waals surface area contributed by atoms with Crippen LogP contribution in [0.5, 0.6) is 11.5 Å². The Morgan fingerprint density at radius 1 is 0.882 bits per heavy atom. The molecule has 0 aliphatic rings. The number of Topliss-reactive ketones (excluding diaryl/α,β-unsaturated/α-hetero) is 1. The summed E-state index contributed by atoms with van der Waals surface area (Å²) in [6.45, 7) is 20.4. The van der Waals surface area contributed by atoms with Gasteiger partial charge in [0.1, 0.15) is 11.5 Å². The zero-order chi connectivity index (χ0) is 27.4. The molecular formula is C29H51NO4. The van der Waals surface area contributed by atoms with Gasteiger partial charge in [0, 0.05) is 25.1 Å². The third kappa shape index (κ3) is 14.0. The Balaban J connectivity index is -0.000000463. The molecule has 0 saturated heterocycles. The van der Waals surface area contributed by atoms with E-state index in [0.29, 0.717) is 5.56 Å². The predicted molar refractivity (Wildman–Crippen MR) is 147 cm³/mol. The highest BCUT2D eigenvalue weighted by Gasteiger charge is 2.13. The van der Waals surface area contributed by atoms with E-state index in [1.807, 2.05) is 62.3 Å². The fourth-order valence-electron chi connectivity index (χ4n) is 2.81. The van der Waals surface area contributed by atoms with Crippen molar-refractivity contribution in [3.8, 4) is 11.5 Å². The van der Waals surface area contributed by atoms with Crippen LogP contribution < -0.4 is 0 Å². The van der Waals surface area contributed by atoms with Crippen LogP contribution in [0.2, 0.25) is 0 Å². The van der Waals surface area contributed by atoms with Crippen LogP contribution in [0.25, 0.3) is 0 Å². The van der Waals surface area contributed by atoms with Crippen LogP contribution in [0.1, 0.15) is 108 Å². The van der Waals surface area contributed by atoms with Crippen molar-refractivity contribution in [2.45, 2.75) is 87.6 Å². The molecule has 0 amide bonds. The first-order valence-corrected chi connectivity index (χ1v) is 12.5. The Morgan fingerprint density at radius 2 is 1.41 bits per heavy atom. The van der Waals surface area contributed by atoms with Gasteiger partial charge >= 0.3 is 0 Å². The van der Waals surface area contributed by atoms with Crippen LogP contribution in [0.3, 0.4) is 0 Å². The van der Waals surface area contributed by atoms with Crippen molar-refractivity contribution in [1.29, 1.82) is 0 Å². The normalized spacial score (nSPS) is 10.3. The molecule has 3 N–H and O–H groups in total. The van der Waals surface area contributed by atoms with Gasteiger partial charge in [0.15, 0.2) is 5.78 Å². The first kappa shape index (κ1) is 36.2. The molecule has 0 bridgehead atoms. The molecular weight excluding hydrogens is 426 g/mol. The van der Waals surface area contributed by atoms with Crippen LogP contribution in [-0.2, 0) is 6.54 Å². The van der Waals surface area contributed by atoms with Crippen molar-refractivity contribution >= 4 is 5.78 Å². The molecule has 1 unspecified atom stereocenters. The van der Waals surface area contributed by atoms with E-state index in [2.05, 4.69) is 43.3 Å². The second-order valence-corrected chi connectivity index (χ2v) is 7.71. The zero-order valence-electron chi connectivity index (χ0n) is 23.7. The van der Waals surface area contributed by atoms with Crippen molar-refractivity contribution in [2.75, 3.05) is 20.7 Å². The summed E-state index contributed by atoms with van der Waals surface area (Å²) in [6, 6.07) is 11.2. The van der Waals surface area contributed by atoms with Crippen LogP contribution in [0.4, 0.5) is 0 Å². The number of hydrogen-bond donors (Lipinski definition) is 3. The van der Waals surface area contributed by atoms with Gasteiger partial charge in [-0.1, -0.05) is 86.6 Å². The Labute approximate surface area is 209 Å². The number of phenolic OH excluding ortho intramolecular Hbond substituents is 2. The Morgan fingerprint density at radius 3 is 1.82 bits per heavy atom. The number of aliphatic hydroxyl groups excluding tert-OH is 1. The molecule has 2 rings (SSSR count). The lowest BCUT2D eigenvalue weighted by Gasteiger charge is -2.13. The molecule has 0 aliphatic carbocycles. The summed E-state index contributed by atoms with van der Waals surface area (Å²) < 4.78 is 0. The lowest BCUT2D eigenvalue weighted by Crippen LogP contribution is -2.11. The molecule has 0 aliphatic heterocycles. The molecule has 0 radical (unpaired) electrons. The van der Waals surface area contributed by atoms with Gasteiger partial charge in [-0.25, -0.2) is 0 Å². The molecule has 0 aromatic heterocycles. The molecule has 196 valence electrons. The third-order valence-electron chi connectivity index (χ3n) is 4.44. The van der Waals surface area contributed by atoms with E-state index in [-0.39, 0.29) is 41.3 Å².